The van der Waals surface area contributed by atoms with Crippen LogP contribution in [-0.2, 0) is 16.1 Å². The van der Waals surface area contributed by atoms with Crippen LogP contribution in [0.1, 0.15) is 43.7 Å². The molecule has 0 saturated heterocycles. The molecule has 1 atom stereocenters. The van der Waals surface area contributed by atoms with Gasteiger partial charge in [0.1, 0.15) is 17.7 Å². The van der Waals surface area contributed by atoms with E-state index in [1.54, 1.807) is 31.4 Å². The molecule has 0 N–H and O–H groups in total. The molecule has 1 amide bonds. The van der Waals surface area contributed by atoms with Gasteiger partial charge in [-0.15, -0.1) is 0 Å². The Morgan fingerprint density at radius 3 is 2.60 bits per heavy atom. The number of nitrogens with zero attached hydrogens (tertiary/aromatic N) is 1. The molecule has 1 fully saturated rings. The first-order valence-corrected chi connectivity index (χ1v) is 10.5. The Labute approximate surface area is 178 Å². The molecule has 0 radical (unpaired) electrons. The Morgan fingerprint density at radius 1 is 1.20 bits per heavy atom. The molecular formula is C25H30FNO3. The predicted octanol–water partition coefficient (Wildman–Crippen LogP) is 5.22. The lowest BCUT2D eigenvalue weighted by Crippen LogP contribution is -2.37. The van der Waals surface area contributed by atoms with Crippen molar-refractivity contribution in [2.75, 3.05) is 13.7 Å². The first kappa shape index (κ1) is 22.0. The summed E-state index contributed by atoms with van der Waals surface area (Å²) in [4.78, 5) is 14.9. The monoisotopic (exact) mass is 411 g/mol. The van der Waals surface area contributed by atoms with E-state index in [2.05, 4.69) is 0 Å². The molecule has 0 bridgehead atoms. The summed E-state index contributed by atoms with van der Waals surface area (Å²) in [6, 6.07) is 14.4. The van der Waals surface area contributed by atoms with Crippen LogP contribution < -0.4 is 4.74 Å². The van der Waals surface area contributed by atoms with Crippen molar-refractivity contribution in [3.05, 3.63) is 71.6 Å². The van der Waals surface area contributed by atoms with E-state index >= 15 is 0 Å². The quantitative estimate of drug-likeness (QED) is 0.531. The van der Waals surface area contributed by atoms with Gasteiger partial charge in [0.2, 0.25) is 5.91 Å². The van der Waals surface area contributed by atoms with Crippen LogP contribution in [0.2, 0.25) is 0 Å². The maximum Gasteiger partial charge on any atom is 0.247 e. The molecule has 5 heteroatoms. The number of amides is 1. The number of carbonyl (C=O) groups is 1. The first-order valence-electron chi connectivity index (χ1n) is 10.5. The number of hydrogen-bond donors (Lipinski definition) is 0. The van der Waals surface area contributed by atoms with E-state index in [1.165, 1.54) is 12.1 Å². The Balaban J connectivity index is 1.68. The second-order valence-corrected chi connectivity index (χ2v) is 7.82. The third-order valence-corrected chi connectivity index (χ3v) is 5.33. The minimum Gasteiger partial charge on any atom is -0.488 e. The van der Waals surface area contributed by atoms with Gasteiger partial charge in [-0.2, -0.15) is 0 Å². The van der Waals surface area contributed by atoms with E-state index < -0.39 is 0 Å². The van der Waals surface area contributed by atoms with Crippen molar-refractivity contribution in [2.45, 2.75) is 51.3 Å². The highest BCUT2D eigenvalue weighted by Gasteiger charge is 2.25. The predicted molar refractivity (Wildman–Crippen MR) is 117 cm³/mol. The average Bonchev–Trinajstić information content (AvgIpc) is 3.26. The molecule has 3 rings (SSSR count). The number of carbonyl (C=O) groups excluding carboxylic acids is 1. The van der Waals surface area contributed by atoms with Gasteiger partial charge in [0.15, 0.2) is 0 Å². The lowest BCUT2D eigenvalue weighted by atomic mass is 10.1. The maximum absolute atomic E-state index is 13.4. The first-order chi connectivity index (χ1) is 14.5. The van der Waals surface area contributed by atoms with Crippen LogP contribution in [0.15, 0.2) is 54.6 Å². The molecule has 0 unspecified atom stereocenters. The van der Waals surface area contributed by atoms with Crippen molar-refractivity contribution in [3.8, 4) is 5.75 Å². The fourth-order valence-electron chi connectivity index (χ4n) is 3.85. The fraction of sp³-hybridized carbons (Fsp3) is 0.400. The van der Waals surface area contributed by atoms with Gasteiger partial charge in [-0.05, 0) is 61.2 Å². The van der Waals surface area contributed by atoms with Crippen LogP contribution in [0.3, 0.4) is 0 Å². The zero-order chi connectivity index (χ0) is 21.3. The summed E-state index contributed by atoms with van der Waals surface area (Å²) in [7, 11) is 1.65. The molecule has 30 heavy (non-hydrogen) atoms. The lowest BCUT2D eigenvalue weighted by molar-refractivity contribution is -0.128. The second-order valence-electron chi connectivity index (χ2n) is 7.82. The molecule has 160 valence electrons. The van der Waals surface area contributed by atoms with Gasteiger partial charge in [-0.25, -0.2) is 4.39 Å². The topological polar surface area (TPSA) is 38.8 Å². The molecule has 0 aromatic heterocycles. The van der Waals surface area contributed by atoms with Crippen molar-refractivity contribution >= 4 is 12.0 Å². The summed E-state index contributed by atoms with van der Waals surface area (Å²) >= 11 is 0. The fourth-order valence-corrected chi connectivity index (χ4v) is 3.85. The average molecular weight is 412 g/mol. The summed E-state index contributed by atoms with van der Waals surface area (Å²) in [5, 5.41) is 0. The molecule has 2 aromatic carbocycles. The Morgan fingerprint density at radius 2 is 1.93 bits per heavy atom. The largest absolute Gasteiger partial charge is 0.488 e. The van der Waals surface area contributed by atoms with Gasteiger partial charge in [-0.1, -0.05) is 37.1 Å². The highest BCUT2D eigenvalue weighted by Crippen LogP contribution is 2.26. The number of hydrogen-bond acceptors (Lipinski definition) is 3. The van der Waals surface area contributed by atoms with Crippen molar-refractivity contribution in [2.24, 2.45) is 0 Å². The van der Waals surface area contributed by atoms with Gasteiger partial charge in [-0.3, -0.25) is 4.79 Å². The molecule has 0 heterocycles. The van der Waals surface area contributed by atoms with Crippen LogP contribution in [0.4, 0.5) is 4.39 Å². The van der Waals surface area contributed by atoms with Gasteiger partial charge in [0.25, 0.3) is 0 Å². The summed E-state index contributed by atoms with van der Waals surface area (Å²) in [5.74, 6) is 0.438. The van der Waals surface area contributed by atoms with E-state index in [9.17, 15) is 9.18 Å². The standard InChI is InChI=1S/C25H30FNO3/c1-19(18-29-2)30-24-13-10-21(11-14-24)17-27(23-8-3-4-9-23)25(28)15-12-20-6-5-7-22(26)16-20/h5-7,10-16,19,23H,3-4,8-9,17-18H2,1-2H3/b15-12+/t19-/m1/s1. The lowest BCUT2D eigenvalue weighted by Gasteiger charge is -2.28. The minimum atomic E-state index is -0.306. The second kappa shape index (κ2) is 10.9. The van der Waals surface area contributed by atoms with Crippen molar-refractivity contribution < 1.29 is 18.7 Å². The van der Waals surface area contributed by atoms with Gasteiger partial charge in [0, 0.05) is 25.8 Å². The van der Waals surface area contributed by atoms with Crippen LogP contribution in [0, 0.1) is 5.82 Å². The number of methoxy groups -OCH3 is 1. The molecule has 4 nitrogen and oxygen atoms in total. The normalized spacial score (nSPS) is 15.4. The molecule has 1 aliphatic carbocycles. The van der Waals surface area contributed by atoms with Gasteiger partial charge < -0.3 is 14.4 Å². The van der Waals surface area contributed by atoms with Crippen LogP contribution in [0.5, 0.6) is 5.75 Å². The zero-order valence-electron chi connectivity index (χ0n) is 17.7. The molecule has 2 aromatic rings. The maximum atomic E-state index is 13.4. The van der Waals surface area contributed by atoms with Crippen LogP contribution >= 0.6 is 0 Å². The highest BCUT2D eigenvalue weighted by molar-refractivity contribution is 5.92. The van der Waals surface area contributed by atoms with Crippen molar-refractivity contribution in [3.63, 3.8) is 0 Å². The van der Waals surface area contributed by atoms with Crippen molar-refractivity contribution in [1.29, 1.82) is 0 Å². The SMILES string of the molecule is COC[C@@H](C)Oc1ccc(CN(C(=O)/C=C/c2cccc(F)c2)C2CCCC2)cc1. The molecule has 1 aliphatic rings. The number of ether oxygens (including phenoxy) is 2. The highest BCUT2D eigenvalue weighted by atomic mass is 19.1. The summed E-state index contributed by atoms with van der Waals surface area (Å²) < 4.78 is 24.3. The molecular weight excluding hydrogens is 381 g/mol. The summed E-state index contributed by atoms with van der Waals surface area (Å²) in [5.41, 5.74) is 1.74. The van der Waals surface area contributed by atoms with E-state index in [4.69, 9.17) is 9.47 Å². The van der Waals surface area contributed by atoms with Gasteiger partial charge in [0.05, 0.1) is 6.61 Å². The van der Waals surface area contributed by atoms with Crippen LogP contribution in [-0.4, -0.2) is 36.7 Å². The minimum absolute atomic E-state index is 0.0228. The number of rotatable bonds is 9. The van der Waals surface area contributed by atoms with E-state index in [-0.39, 0.29) is 23.9 Å². The van der Waals surface area contributed by atoms with E-state index in [0.29, 0.717) is 18.7 Å². The van der Waals surface area contributed by atoms with E-state index in [1.807, 2.05) is 36.1 Å². The zero-order valence-corrected chi connectivity index (χ0v) is 17.7. The van der Waals surface area contributed by atoms with Crippen LogP contribution in [0.25, 0.3) is 6.08 Å². The molecule has 1 saturated carbocycles. The summed E-state index contributed by atoms with van der Waals surface area (Å²) in [6.07, 6.45) is 7.55. The number of benzene rings is 2. The smallest absolute Gasteiger partial charge is 0.247 e. The Bertz CT molecular complexity index is 844. The third-order valence-electron chi connectivity index (χ3n) is 5.33. The van der Waals surface area contributed by atoms with Gasteiger partial charge >= 0.3 is 0 Å². The summed E-state index contributed by atoms with van der Waals surface area (Å²) in [6.45, 7) is 3.04. The van der Waals surface area contributed by atoms with Crippen molar-refractivity contribution in [1.82, 2.24) is 4.90 Å². The molecule has 0 aliphatic heterocycles. The third kappa shape index (κ3) is 6.42. The Kier molecular flexibility index (Phi) is 8.03. The Hall–Kier alpha value is -2.66. The van der Waals surface area contributed by atoms with E-state index in [0.717, 1.165) is 37.0 Å². The molecule has 0 spiro atoms. The number of halogens is 1.